The van der Waals surface area contributed by atoms with Crippen molar-refractivity contribution >= 4 is 29.7 Å². The molecule has 0 unspecified atom stereocenters. The molecule has 0 saturated carbocycles. The fourth-order valence-corrected chi connectivity index (χ4v) is 2.71. The fourth-order valence-electron chi connectivity index (χ4n) is 2.71. The Hall–Kier alpha value is -3.30. The molecule has 0 atom stereocenters. The van der Waals surface area contributed by atoms with E-state index in [1.807, 2.05) is 0 Å². The van der Waals surface area contributed by atoms with Gasteiger partial charge in [0, 0.05) is 45.1 Å². The summed E-state index contributed by atoms with van der Waals surface area (Å²) in [5, 5.41) is 13.4. The lowest BCUT2D eigenvalue weighted by molar-refractivity contribution is -0.133. The average molecular weight is 392 g/mol. The Labute approximate surface area is 162 Å². The van der Waals surface area contributed by atoms with E-state index >= 15 is 0 Å². The van der Waals surface area contributed by atoms with E-state index in [0.29, 0.717) is 44.1 Å². The second-order valence-corrected chi connectivity index (χ2v) is 6.18. The third-order valence-electron chi connectivity index (χ3n) is 4.17. The zero-order chi connectivity index (χ0) is 20.5. The van der Waals surface area contributed by atoms with Crippen LogP contribution in [-0.2, 0) is 20.8 Å². The predicted octanol–water partition coefficient (Wildman–Crippen LogP) is 0.347. The van der Waals surface area contributed by atoms with Crippen molar-refractivity contribution in [2.75, 3.05) is 37.6 Å². The number of anilines is 1. The summed E-state index contributed by atoms with van der Waals surface area (Å²) >= 11 is 0. The molecule has 28 heavy (non-hydrogen) atoms. The molecule has 4 amide bonds. The smallest absolute Gasteiger partial charge is 0.404 e. The maximum Gasteiger partial charge on any atom is 0.404 e. The van der Waals surface area contributed by atoms with Gasteiger partial charge >= 0.3 is 6.09 Å². The summed E-state index contributed by atoms with van der Waals surface area (Å²) in [4.78, 5) is 48.8. The van der Waals surface area contributed by atoms with Crippen LogP contribution in [0.15, 0.2) is 29.2 Å². The summed E-state index contributed by atoms with van der Waals surface area (Å²) < 4.78 is 5.66. The van der Waals surface area contributed by atoms with Crippen molar-refractivity contribution in [2.24, 2.45) is 0 Å². The minimum absolute atomic E-state index is 0.0277. The lowest BCUT2D eigenvalue weighted by Gasteiger charge is -2.32. The Morgan fingerprint density at radius 2 is 1.96 bits per heavy atom. The van der Waals surface area contributed by atoms with Gasteiger partial charge in [0.05, 0.1) is 0 Å². The number of amides is 4. The fraction of sp³-hybridized carbons (Fsp3) is 0.444. The molecule has 0 radical (unpaired) electrons. The molecule has 0 bridgehead atoms. The number of carbonyl (C=O) groups excluding carboxylic acids is 3. The zero-order valence-electron chi connectivity index (χ0n) is 15.5. The molecule has 2 rings (SSSR count). The number of furan rings is 1. The van der Waals surface area contributed by atoms with Crippen molar-refractivity contribution in [2.45, 2.75) is 19.3 Å². The molecular formula is C18H24N4O6. The molecule has 1 aliphatic heterocycles. The lowest BCUT2D eigenvalue weighted by Crippen LogP contribution is -2.52. The number of piperazine rings is 1. The van der Waals surface area contributed by atoms with E-state index in [1.165, 1.54) is 15.9 Å². The van der Waals surface area contributed by atoms with Crippen LogP contribution in [0.5, 0.6) is 0 Å². The normalized spacial score (nSPS) is 13.9. The van der Waals surface area contributed by atoms with E-state index in [1.54, 1.807) is 12.1 Å². The summed E-state index contributed by atoms with van der Waals surface area (Å²) in [7, 11) is 0. The summed E-state index contributed by atoms with van der Waals surface area (Å²) in [6.07, 6.45) is 1.19. The third kappa shape index (κ3) is 6.15. The minimum Gasteiger partial charge on any atom is -0.465 e. The second kappa shape index (κ2) is 10.1. The van der Waals surface area contributed by atoms with Crippen LogP contribution in [0.4, 0.5) is 10.7 Å². The molecule has 2 heterocycles. The molecule has 10 nitrogen and oxygen atoms in total. The Balaban J connectivity index is 1.74. The van der Waals surface area contributed by atoms with Gasteiger partial charge in [-0.15, -0.1) is 0 Å². The minimum atomic E-state index is -1.09. The van der Waals surface area contributed by atoms with Crippen LogP contribution < -0.4 is 15.5 Å². The van der Waals surface area contributed by atoms with Crippen molar-refractivity contribution in [3.63, 3.8) is 0 Å². The van der Waals surface area contributed by atoms with E-state index in [0.717, 1.165) is 0 Å². The van der Waals surface area contributed by atoms with Gasteiger partial charge in [0.1, 0.15) is 12.3 Å². The number of nitrogens with zero attached hydrogens (tertiary/aromatic N) is 2. The predicted molar refractivity (Wildman–Crippen MR) is 99.8 cm³/mol. The van der Waals surface area contributed by atoms with Gasteiger partial charge in [0.25, 0.3) is 0 Å². The van der Waals surface area contributed by atoms with Crippen LogP contribution in [-0.4, -0.2) is 66.5 Å². The Morgan fingerprint density at radius 3 is 2.64 bits per heavy atom. The van der Waals surface area contributed by atoms with E-state index in [4.69, 9.17) is 9.52 Å². The zero-order valence-corrected chi connectivity index (χ0v) is 15.5. The Bertz CT molecular complexity index is 744. The molecule has 1 fully saturated rings. The molecule has 0 spiro atoms. The van der Waals surface area contributed by atoms with Crippen LogP contribution in [0.25, 0.3) is 0 Å². The van der Waals surface area contributed by atoms with Crippen molar-refractivity contribution in [3.05, 3.63) is 30.5 Å². The van der Waals surface area contributed by atoms with E-state index in [-0.39, 0.29) is 37.2 Å². The molecule has 10 heteroatoms. The van der Waals surface area contributed by atoms with Crippen LogP contribution in [0.1, 0.15) is 18.6 Å². The first kappa shape index (κ1) is 21.0. The number of hydrogen-bond donors (Lipinski definition) is 3. The molecular weight excluding hydrogens is 368 g/mol. The third-order valence-corrected chi connectivity index (χ3v) is 4.17. The highest BCUT2D eigenvalue weighted by molar-refractivity contribution is 5.98. The first-order chi connectivity index (χ1) is 13.4. The lowest BCUT2D eigenvalue weighted by atomic mass is 10.2. The van der Waals surface area contributed by atoms with Crippen molar-refractivity contribution in [1.29, 1.82) is 0 Å². The number of carbonyl (C=O) groups is 4. The molecule has 0 aliphatic carbocycles. The number of rotatable bonds is 9. The molecule has 0 aromatic carbocycles. The van der Waals surface area contributed by atoms with Gasteiger partial charge in [-0.05, 0) is 18.6 Å². The van der Waals surface area contributed by atoms with E-state index in [9.17, 15) is 19.2 Å². The van der Waals surface area contributed by atoms with Gasteiger partial charge < -0.3 is 25.1 Å². The highest BCUT2D eigenvalue weighted by Gasteiger charge is 2.28. The van der Waals surface area contributed by atoms with Gasteiger partial charge in [-0.3, -0.25) is 19.3 Å². The summed E-state index contributed by atoms with van der Waals surface area (Å²) in [6, 6.07) is 3.39. The van der Waals surface area contributed by atoms with Crippen molar-refractivity contribution in [3.8, 4) is 0 Å². The molecule has 1 aromatic heterocycles. The number of aryl methyl sites for hydroxylation is 1. The molecule has 1 aromatic rings. The molecule has 1 aliphatic rings. The first-order valence-electron chi connectivity index (χ1n) is 8.94. The number of hydrogen-bond acceptors (Lipinski definition) is 5. The highest BCUT2D eigenvalue weighted by atomic mass is 16.4. The Morgan fingerprint density at radius 1 is 1.21 bits per heavy atom. The number of nitrogens with one attached hydrogen (secondary N) is 2. The quantitative estimate of drug-likeness (QED) is 0.410. The highest BCUT2D eigenvalue weighted by Crippen LogP contribution is 2.21. The topological polar surface area (TPSA) is 132 Å². The SMILES string of the molecule is C=CC(=O)N1CCN(c2ccc(CCC(=O)NCCCNC(=O)O)o2)C(=O)C1. The molecule has 3 N–H and O–H groups in total. The Kier molecular flexibility index (Phi) is 7.61. The average Bonchev–Trinajstić information content (AvgIpc) is 3.13. The molecule has 1 saturated heterocycles. The number of carboxylic acid groups (broad SMARTS) is 1. The first-order valence-corrected chi connectivity index (χ1v) is 8.94. The van der Waals surface area contributed by atoms with Crippen molar-refractivity contribution in [1.82, 2.24) is 15.5 Å². The van der Waals surface area contributed by atoms with Gasteiger partial charge in [0.15, 0.2) is 0 Å². The van der Waals surface area contributed by atoms with Gasteiger partial charge in [-0.1, -0.05) is 6.58 Å². The van der Waals surface area contributed by atoms with E-state index in [2.05, 4.69) is 17.2 Å². The maximum absolute atomic E-state index is 12.2. The largest absolute Gasteiger partial charge is 0.465 e. The maximum atomic E-state index is 12.2. The van der Waals surface area contributed by atoms with Crippen LogP contribution in [0.3, 0.4) is 0 Å². The van der Waals surface area contributed by atoms with Crippen molar-refractivity contribution < 1.29 is 28.7 Å². The molecule has 152 valence electrons. The summed E-state index contributed by atoms with van der Waals surface area (Å²) in [6.45, 7) is 4.77. The standard InChI is InChI=1S/C18H24N4O6/c1-2-15(24)21-10-11-22(16(25)12-21)17-7-5-13(28-17)4-6-14(23)19-8-3-9-20-18(26)27/h2,5,7,20H,1,3-4,6,8-12H2,(H,19,23)(H,26,27). The van der Waals surface area contributed by atoms with Crippen LogP contribution >= 0.6 is 0 Å². The monoisotopic (exact) mass is 392 g/mol. The van der Waals surface area contributed by atoms with E-state index < -0.39 is 6.09 Å². The van der Waals surface area contributed by atoms with Gasteiger partial charge in [-0.25, -0.2) is 4.79 Å². The van der Waals surface area contributed by atoms with Gasteiger partial charge in [-0.2, -0.15) is 0 Å². The van der Waals surface area contributed by atoms with Crippen LogP contribution in [0.2, 0.25) is 0 Å². The second-order valence-electron chi connectivity index (χ2n) is 6.18. The van der Waals surface area contributed by atoms with Gasteiger partial charge in [0.2, 0.25) is 23.6 Å². The summed E-state index contributed by atoms with van der Waals surface area (Å²) in [5.74, 6) is 0.287. The summed E-state index contributed by atoms with van der Waals surface area (Å²) in [5.41, 5.74) is 0. The van der Waals surface area contributed by atoms with Crippen LogP contribution in [0, 0.1) is 0 Å².